The van der Waals surface area contributed by atoms with E-state index in [1.807, 2.05) is 35.2 Å². The topological polar surface area (TPSA) is 75.9 Å². The molecular formula is C25H21ClN6O. The van der Waals surface area contributed by atoms with E-state index in [4.69, 9.17) is 11.6 Å². The molecule has 0 saturated heterocycles. The van der Waals surface area contributed by atoms with Crippen molar-refractivity contribution in [1.82, 2.24) is 20.2 Å². The number of nitrogens with zero attached hydrogens (tertiary/aromatic N) is 5. The predicted molar refractivity (Wildman–Crippen MR) is 129 cm³/mol. The maximum Gasteiger partial charge on any atom is 0.251 e. The van der Waals surface area contributed by atoms with E-state index < -0.39 is 0 Å². The Morgan fingerprint density at radius 1 is 1.00 bits per heavy atom. The van der Waals surface area contributed by atoms with Gasteiger partial charge in [0.05, 0.1) is 5.70 Å². The fraction of sp³-hybridized carbons (Fsp3) is 0.120. The summed E-state index contributed by atoms with van der Waals surface area (Å²) in [5, 5.41) is 16.0. The molecule has 8 heteroatoms. The van der Waals surface area contributed by atoms with Gasteiger partial charge in [-0.2, -0.15) is 4.68 Å². The quantitative estimate of drug-likeness (QED) is 0.470. The Morgan fingerprint density at radius 2 is 1.73 bits per heavy atom. The highest BCUT2D eigenvalue weighted by atomic mass is 35.5. The maximum absolute atomic E-state index is 13.0. The predicted octanol–water partition coefficient (Wildman–Crippen LogP) is 4.72. The Hall–Kier alpha value is -3.97. The van der Waals surface area contributed by atoms with Crippen molar-refractivity contribution in [2.45, 2.75) is 13.0 Å². The lowest BCUT2D eigenvalue weighted by Crippen LogP contribution is -2.37. The van der Waals surface area contributed by atoms with Crippen molar-refractivity contribution in [3.05, 3.63) is 107 Å². The summed E-state index contributed by atoms with van der Waals surface area (Å²) in [6, 6.07) is 25.0. The van der Waals surface area contributed by atoms with Crippen molar-refractivity contribution < 1.29 is 4.79 Å². The molecule has 1 aliphatic heterocycles. The number of aryl methyl sites for hydroxylation is 1. The molecule has 1 amide bonds. The van der Waals surface area contributed by atoms with Gasteiger partial charge in [0.2, 0.25) is 5.91 Å². The van der Waals surface area contributed by atoms with Crippen molar-refractivity contribution in [2.24, 2.45) is 0 Å². The second-order valence-corrected chi connectivity index (χ2v) is 8.27. The van der Waals surface area contributed by atoms with E-state index in [0.717, 1.165) is 16.8 Å². The number of anilines is 2. The third-order valence-electron chi connectivity index (χ3n) is 5.51. The van der Waals surface area contributed by atoms with Gasteiger partial charge in [0.25, 0.3) is 5.95 Å². The second-order valence-electron chi connectivity index (χ2n) is 7.84. The molecule has 0 bridgehead atoms. The average molecular weight is 457 g/mol. The molecule has 0 fully saturated rings. The molecule has 2 heterocycles. The summed E-state index contributed by atoms with van der Waals surface area (Å²) < 4.78 is 1.74. The largest absolute Gasteiger partial charge is 0.325 e. The zero-order valence-electron chi connectivity index (χ0n) is 17.9. The highest BCUT2D eigenvalue weighted by Crippen LogP contribution is 2.36. The van der Waals surface area contributed by atoms with Crippen LogP contribution in [0.3, 0.4) is 0 Å². The molecule has 7 nitrogen and oxygen atoms in total. The fourth-order valence-electron chi connectivity index (χ4n) is 3.86. The molecule has 0 spiro atoms. The molecule has 0 aliphatic carbocycles. The minimum Gasteiger partial charge on any atom is -0.325 e. The first-order valence-corrected chi connectivity index (χ1v) is 10.9. The van der Waals surface area contributed by atoms with Gasteiger partial charge in [-0.05, 0) is 58.8 Å². The van der Waals surface area contributed by atoms with E-state index >= 15 is 0 Å². The van der Waals surface area contributed by atoms with E-state index in [1.165, 1.54) is 5.56 Å². The number of tetrazole rings is 1. The molecule has 3 aromatic carbocycles. The molecule has 0 unspecified atom stereocenters. The third kappa shape index (κ3) is 4.36. The second kappa shape index (κ2) is 8.88. The van der Waals surface area contributed by atoms with Crippen LogP contribution in [0.4, 0.5) is 11.6 Å². The monoisotopic (exact) mass is 456 g/mol. The van der Waals surface area contributed by atoms with Crippen molar-refractivity contribution in [3.63, 3.8) is 0 Å². The summed E-state index contributed by atoms with van der Waals surface area (Å²) in [5.74, 6) is 0.315. The SMILES string of the molecule is Cc1ccc([C@@H]2C=C(c3ccccc3)N(CC(=O)Nc3ccc(Cl)cc3)c3nnnn32)cc1. The lowest BCUT2D eigenvalue weighted by molar-refractivity contribution is -0.114. The summed E-state index contributed by atoms with van der Waals surface area (Å²) in [6.07, 6.45) is 2.10. The number of carbonyl (C=O) groups excluding carboxylic acids is 1. The number of benzene rings is 3. The first-order chi connectivity index (χ1) is 16.1. The zero-order chi connectivity index (χ0) is 22.8. The van der Waals surface area contributed by atoms with Crippen molar-refractivity contribution in [3.8, 4) is 0 Å². The number of nitrogens with one attached hydrogen (secondary N) is 1. The standard InChI is InChI=1S/C25H21ClN6O/c1-17-7-9-19(10-8-17)23-15-22(18-5-3-2-4-6-18)31(25-28-29-30-32(23)25)16-24(33)27-21-13-11-20(26)12-14-21/h2-15,23H,16H2,1H3,(H,27,33)/t23-/m0/s1. The van der Waals surface area contributed by atoms with Gasteiger partial charge in [0.15, 0.2) is 0 Å². The number of aromatic nitrogens is 4. The van der Waals surface area contributed by atoms with Crippen LogP contribution in [0.5, 0.6) is 0 Å². The summed E-state index contributed by atoms with van der Waals surface area (Å²) >= 11 is 5.95. The lowest BCUT2D eigenvalue weighted by atomic mass is 10.00. The van der Waals surface area contributed by atoms with Crippen molar-refractivity contribution in [2.75, 3.05) is 16.8 Å². The fourth-order valence-corrected chi connectivity index (χ4v) is 3.99. The van der Waals surface area contributed by atoms with Crippen LogP contribution < -0.4 is 10.2 Å². The zero-order valence-corrected chi connectivity index (χ0v) is 18.6. The van der Waals surface area contributed by atoms with Crippen molar-refractivity contribution >= 4 is 34.8 Å². The summed E-state index contributed by atoms with van der Waals surface area (Å²) in [5.41, 5.74) is 4.76. The van der Waals surface area contributed by atoms with Gasteiger partial charge in [0, 0.05) is 10.7 Å². The first-order valence-electron chi connectivity index (χ1n) is 10.5. The molecule has 1 N–H and O–H groups in total. The normalized spacial score (nSPS) is 15.0. The van der Waals surface area contributed by atoms with Crippen LogP contribution in [0.15, 0.2) is 84.9 Å². The highest BCUT2D eigenvalue weighted by molar-refractivity contribution is 6.30. The Bertz CT molecular complexity index is 1300. The van der Waals surface area contributed by atoms with E-state index in [9.17, 15) is 4.79 Å². The number of halogens is 1. The molecule has 1 aromatic heterocycles. The minimum absolute atomic E-state index is 0.0460. The number of carbonyl (C=O) groups is 1. The van der Waals surface area contributed by atoms with Crippen molar-refractivity contribution in [1.29, 1.82) is 0 Å². The smallest absolute Gasteiger partial charge is 0.251 e. The minimum atomic E-state index is -0.193. The van der Waals surface area contributed by atoms with E-state index in [1.54, 1.807) is 28.9 Å². The van der Waals surface area contributed by atoms with E-state index in [-0.39, 0.29) is 18.5 Å². The van der Waals surface area contributed by atoms with Gasteiger partial charge >= 0.3 is 0 Å². The molecule has 0 radical (unpaired) electrons. The third-order valence-corrected chi connectivity index (χ3v) is 5.76. The first kappa shape index (κ1) is 20.9. The Labute approximate surface area is 196 Å². The average Bonchev–Trinajstić information content (AvgIpc) is 3.32. The molecule has 4 aromatic rings. The van der Waals surface area contributed by atoms with E-state index in [2.05, 4.69) is 58.1 Å². The Morgan fingerprint density at radius 3 is 2.45 bits per heavy atom. The van der Waals surface area contributed by atoms with Gasteiger partial charge in [0.1, 0.15) is 12.6 Å². The number of amides is 1. The number of fused-ring (bicyclic) bond motifs is 1. The van der Waals surface area contributed by atoms with Gasteiger partial charge in [-0.25, -0.2) is 0 Å². The van der Waals surface area contributed by atoms with Crippen LogP contribution in [0.25, 0.3) is 5.70 Å². The molecule has 33 heavy (non-hydrogen) atoms. The van der Waals surface area contributed by atoms with E-state index in [0.29, 0.717) is 16.7 Å². The van der Waals surface area contributed by atoms with Crippen LogP contribution in [0.2, 0.25) is 5.02 Å². The molecular weight excluding hydrogens is 436 g/mol. The van der Waals surface area contributed by atoms with Gasteiger partial charge in [-0.15, -0.1) is 0 Å². The summed E-state index contributed by atoms with van der Waals surface area (Å²) in [6.45, 7) is 2.10. The highest BCUT2D eigenvalue weighted by Gasteiger charge is 2.31. The maximum atomic E-state index is 13.0. The molecule has 1 aliphatic rings. The Balaban J connectivity index is 1.52. The Kier molecular flexibility index (Phi) is 5.62. The van der Waals surface area contributed by atoms with Gasteiger partial charge in [-0.3, -0.25) is 9.69 Å². The van der Waals surface area contributed by atoms with Gasteiger partial charge in [-0.1, -0.05) is 76.9 Å². The summed E-state index contributed by atoms with van der Waals surface area (Å²) in [4.78, 5) is 14.8. The number of allylic oxidation sites excluding steroid dienone is 1. The number of hydrogen-bond acceptors (Lipinski definition) is 5. The number of rotatable bonds is 5. The molecule has 1 atom stereocenters. The van der Waals surface area contributed by atoms with Crippen LogP contribution in [0, 0.1) is 6.92 Å². The molecule has 0 saturated carbocycles. The van der Waals surface area contributed by atoms with Crippen LogP contribution in [0.1, 0.15) is 22.7 Å². The van der Waals surface area contributed by atoms with Gasteiger partial charge < -0.3 is 5.32 Å². The lowest BCUT2D eigenvalue weighted by Gasteiger charge is -2.32. The summed E-state index contributed by atoms with van der Waals surface area (Å²) in [7, 11) is 0. The van der Waals surface area contributed by atoms with Crippen LogP contribution in [-0.4, -0.2) is 32.7 Å². The number of hydrogen-bond donors (Lipinski definition) is 1. The molecule has 164 valence electrons. The van der Waals surface area contributed by atoms with Crippen LogP contribution >= 0.6 is 11.6 Å². The van der Waals surface area contributed by atoms with Crippen LogP contribution in [-0.2, 0) is 4.79 Å². The molecule has 5 rings (SSSR count).